The third kappa shape index (κ3) is 6.29. The first-order valence-corrected chi connectivity index (χ1v) is 13.7. The Morgan fingerprint density at radius 2 is 1.80 bits per heavy atom. The summed E-state index contributed by atoms with van der Waals surface area (Å²) < 4.78 is 49.1. The van der Waals surface area contributed by atoms with Crippen LogP contribution >= 0.6 is 0 Å². The number of ether oxygens (including phenoxy) is 1. The van der Waals surface area contributed by atoms with Gasteiger partial charge in [0, 0.05) is 56.0 Å². The molecule has 12 nitrogen and oxygen atoms in total. The summed E-state index contributed by atoms with van der Waals surface area (Å²) in [5.41, 5.74) is 0.255. The van der Waals surface area contributed by atoms with Gasteiger partial charge >= 0.3 is 12.3 Å². The van der Waals surface area contributed by atoms with Crippen molar-refractivity contribution in [3.8, 4) is 17.3 Å². The van der Waals surface area contributed by atoms with Gasteiger partial charge in [0.1, 0.15) is 12.1 Å². The van der Waals surface area contributed by atoms with Crippen LogP contribution in [0.2, 0.25) is 0 Å². The lowest BCUT2D eigenvalue weighted by Crippen LogP contribution is -2.51. The predicted octanol–water partition coefficient (Wildman–Crippen LogP) is 4.88. The standard InChI is InChI=1S/C29H30F3N9O3/c1-18-15-19(5-6-20(18)26(42)38-11-13-39(14-12-38)27(43)44-28(2,3)4)36-24-25-35-16-22(41(25)10-8-34-24)21-17-40(9-7-33)37-23(21)29(30,31)32/h5-6,8,10,15-17H,9,11-14H2,1-4H3,(H,34,36). The van der Waals surface area contributed by atoms with Crippen molar-refractivity contribution in [3.05, 3.63) is 59.8 Å². The highest BCUT2D eigenvalue weighted by Gasteiger charge is 2.38. The molecule has 0 radical (unpaired) electrons. The molecule has 5 rings (SSSR count). The lowest BCUT2D eigenvalue weighted by molar-refractivity contribution is -0.141. The molecule has 1 aliphatic heterocycles. The van der Waals surface area contributed by atoms with Crippen LogP contribution in [0.25, 0.3) is 16.9 Å². The number of aryl methyl sites for hydroxylation is 1. The van der Waals surface area contributed by atoms with Crippen LogP contribution < -0.4 is 5.32 Å². The fourth-order valence-corrected chi connectivity index (χ4v) is 4.89. The van der Waals surface area contributed by atoms with Crippen LogP contribution in [0, 0.1) is 18.3 Å². The number of alkyl halides is 3. The molecule has 44 heavy (non-hydrogen) atoms. The van der Waals surface area contributed by atoms with Gasteiger partial charge in [-0.05, 0) is 51.5 Å². The number of rotatable bonds is 5. The fourth-order valence-electron chi connectivity index (χ4n) is 4.89. The zero-order valence-corrected chi connectivity index (χ0v) is 24.5. The summed E-state index contributed by atoms with van der Waals surface area (Å²) in [6, 6.07) is 6.96. The topological polar surface area (TPSA) is 134 Å². The van der Waals surface area contributed by atoms with E-state index in [0.29, 0.717) is 43.0 Å². The van der Waals surface area contributed by atoms with Gasteiger partial charge in [-0.25, -0.2) is 14.8 Å². The molecule has 0 bridgehead atoms. The van der Waals surface area contributed by atoms with Gasteiger partial charge in [-0.1, -0.05) is 0 Å². The van der Waals surface area contributed by atoms with Crippen molar-refractivity contribution in [3.63, 3.8) is 0 Å². The molecule has 2 amide bonds. The molecule has 1 saturated heterocycles. The molecule has 15 heteroatoms. The molecule has 1 aromatic carbocycles. The molecule has 0 atom stereocenters. The average Bonchev–Trinajstić information content (AvgIpc) is 3.57. The van der Waals surface area contributed by atoms with E-state index in [4.69, 9.17) is 10.00 Å². The highest BCUT2D eigenvalue weighted by molar-refractivity contribution is 5.96. The Bertz CT molecular complexity index is 1760. The molecule has 0 spiro atoms. The van der Waals surface area contributed by atoms with Gasteiger partial charge in [0.2, 0.25) is 0 Å². The number of fused-ring (bicyclic) bond motifs is 1. The third-order valence-electron chi connectivity index (χ3n) is 6.91. The number of amides is 2. The Labute approximate surface area is 250 Å². The van der Waals surface area contributed by atoms with Crippen LogP contribution in [0.5, 0.6) is 0 Å². The molecule has 0 aliphatic carbocycles. The smallest absolute Gasteiger partial charge is 0.435 e. The van der Waals surface area contributed by atoms with Crippen molar-refractivity contribution in [1.29, 1.82) is 5.26 Å². The summed E-state index contributed by atoms with van der Waals surface area (Å²) in [5.74, 6) is 0.127. The van der Waals surface area contributed by atoms with Crippen LogP contribution in [-0.4, -0.2) is 77.7 Å². The number of nitriles is 1. The summed E-state index contributed by atoms with van der Waals surface area (Å²) in [7, 11) is 0. The number of carbonyl (C=O) groups excluding carboxylic acids is 2. The van der Waals surface area contributed by atoms with E-state index in [-0.39, 0.29) is 35.2 Å². The predicted molar refractivity (Wildman–Crippen MR) is 153 cm³/mol. The van der Waals surface area contributed by atoms with Crippen molar-refractivity contribution < 1.29 is 27.5 Å². The van der Waals surface area contributed by atoms with E-state index in [0.717, 1.165) is 4.68 Å². The minimum atomic E-state index is -4.74. The first kappa shape index (κ1) is 30.3. The molecular formula is C29H30F3N9O3. The number of halogens is 3. The number of imidazole rings is 1. The maximum atomic E-state index is 13.7. The highest BCUT2D eigenvalue weighted by Crippen LogP contribution is 2.37. The maximum Gasteiger partial charge on any atom is 0.435 e. The molecule has 1 fully saturated rings. The molecular weight excluding hydrogens is 579 g/mol. The Kier molecular flexibility index (Phi) is 7.94. The van der Waals surface area contributed by atoms with Crippen molar-refractivity contribution in [2.24, 2.45) is 0 Å². The number of hydrogen-bond acceptors (Lipinski definition) is 8. The average molecular weight is 610 g/mol. The Morgan fingerprint density at radius 1 is 1.09 bits per heavy atom. The van der Waals surface area contributed by atoms with Crippen LogP contribution in [0.1, 0.15) is 42.4 Å². The summed E-state index contributed by atoms with van der Waals surface area (Å²) in [6.07, 6.45) is 0.228. The first-order chi connectivity index (χ1) is 20.7. The molecule has 4 aromatic rings. The van der Waals surface area contributed by atoms with Crippen molar-refractivity contribution >= 4 is 29.2 Å². The van der Waals surface area contributed by atoms with Crippen LogP contribution in [-0.2, 0) is 17.5 Å². The zero-order chi connectivity index (χ0) is 31.8. The lowest BCUT2D eigenvalue weighted by atomic mass is 10.1. The quantitative estimate of drug-likeness (QED) is 0.339. The molecule has 3 aromatic heterocycles. The second-order valence-corrected chi connectivity index (χ2v) is 11.3. The van der Waals surface area contributed by atoms with Gasteiger partial charge in [0.15, 0.2) is 17.2 Å². The van der Waals surface area contributed by atoms with Gasteiger partial charge < -0.3 is 19.9 Å². The van der Waals surface area contributed by atoms with Crippen LogP contribution in [0.4, 0.5) is 29.5 Å². The van der Waals surface area contributed by atoms with E-state index in [1.165, 1.54) is 29.2 Å². The van der Waals surface area contributed by atoms with Crippen molar-refractivity contribution in [1.82, 2.24) is 33.9 Å². The van der Waals surface area contributed by atoms with Gasteiger partial charge in [0.05, 0.1) is 23.5 Å². The largest absolute Gasteiger partial charge is 0.444 e. The number of piperazine rings is 1. The normalized spacial score (nSPS) is 14.0. The number of hydrogen-bond donors (Lipinski definition) is 1. The number of benzene rings is 1. The van der Waals surface area contributed by atoms with E-state index in [1.807, 2.05) is 0 Å². The fraction of sp³-hybridized carbons (Fsp3) is 0.379. The minimum absolute atomic E-state index is 0.130. The van der Waals surface area contributed by atoms with E-state index >= 15 is 0 Å². The summed E-state index contributed by atoms with van der Waals surface area (Å²) >= 11 is 0. The summed E-state index contributed by atoms with van der Waals surface area (Å²) in [4.78, 5) is 37.6. The first-order valence-electron chi connectivity index (χ1n) is 13.7. The van der Waals surface area contributed by atoms with Crippen molar-refractivity contribution in [2.75, 3.05) is 31.5 Å². The van der Waals surface area contributed by atoms with Crippen molar-refractivity contribution in [2.45, 2.75) is 46.0 Å². The Morgan fingerprint density at radius 3 is 2.43 bits per heavy atom. The zero-order valence-electron chi connectivity index (χ0n) is 24.5. The number of anilines is 2. The SMILES string of the molecule is Cc1cc(Nc2nccn3c(-c4cn(CC#N)nc4C(F)(F)F)cnc23)ccc1C(=O)N1CCN(C(=O)OC(C)(C)C)CC1. The second-order valence-electron chi connectivity index (χ2n) is 11.3. The van der Waals surface area contributed by atoms with Crippen LogP contribution in [0.15, 0.2) is 43.0 Å². The highest BCUT2D eigenvalue weighted by atomic mass is 19.4. The van der Waals surface area contributed by atoms with E-state index in [9.17, 15) is 22.8 Å². The molecule has 0 saturated carbocycles. The number of nitrogens with zero attached hydrogens (tertiary/aromatic N) is 8. The van der Waals surface area contributed by atoms with Crippen LogP contribution in [0.3, 0.4) is 0 Å². The third-order valence-corrected chi connectivity index (χ3v) is 6.91. The van der Waals surface area contributed by atoms with Gasteiger partial charge in [0.25, 0.3) is 5.91 Å². The van der Waals surface area contributed by atoms with Gasteiger partial charge in [-0.3, -0.25) is 13.9 Å². The number of carbonyl (C=O) groups is 2. The number of nitrogens with one attached hydrogen (secondary N) is 1. The molecule has 0 unspecified atom stereocenters. The second kappa shape index (κ2) is 11.5. The summed E-state index contributed by atoms with van der Waals surface area (Å²) in [5, 5.41) is 15.6. The Balaban J connectivity index is 1.33. The minimum Gasteiger partial charge on any atom is -0.444 e. The molecule has 1 N–H and O–H groups in total. The Hall–Kier alpha value is -5.13. The van der Waals surface area contributed by atoms with E-state index in [2.05, 4.69) is 20.4 Å². The number of aromatic nitrogens is 5. The van der Waals surface area contributed by atoms with E-state index < -0.39 is 23.6 Å². The van der Waals surface area contributed by atoms with E-state index in [1.54, 1.807) is 61.8 Å². The molecule has 4 heterocycles. The molecule has 230 valence electrons. The van der Waals surface area contributed by atoms with Gasteiger partial charge in [-0.15, -0.1) is 0 Å². The molecule has 1 aliphatic rings. The lowest BCUT2D eigenvalue weighted by Gasteiger charge is -2.35. The maximum absolute atomic E-state index is 13.7. The summed E-state index contributed by atoms with van der Waals surface area (Å²) in [6.45, 7) is 8.35. The monoisotopic (exact) mass is 609 g/mol. The van der Waals surface area contributed by atoms with Gasteiger partial charge in [-0.2, -0.15) is 23.5 Å².